The molecule has 2 amide bonds. The number of anilines is 1. The summed E-state index contributed by atoms with van der Waals surface area (Å²) in [6.45, 7) is 7.72. The molecule has 0 saturated heterocycles. The van der Waals surface area contributed by atoms with Gasteiger partial charge in [-0.3, -0.25) is 9.59 Å². The fraction of sp³-hybridized carbons (Fsp3) is 0.364. The van der Waals surface area contributed by atoms with Gasteiger partial charge in [0.1, 0.15) is 0 Å². The van der Waals surface area contributed by atoms with Crippen molar-refractivity contribution in [2.75, 3.05) is 37.2 Å². The molecule has 2 rings (SSSR count). The summed E-state index contributed by atoms with van der Waals surface area (Å²) in [7, 11) is 0. The molecule has 5 nitrogen and oxygen atoms in total. The fourth-order valence-electron chi connectivity index (χ4n) is 2.70. The summed E-state index contributed by atoms with van der Waals surface area (Å²) < 4.78 is 0. The van der Waals surface area contributed by atoms with E-state index in [2.05, 4.69) is 29.4 Å². The molecule has 0 heterocycles. The third kappa shape index (κ3) is 7.74. The van der Waals surface area contributed by atoms with E-state index in [1.807, 2.05) is 54.6 Å². The molecule has 0 aromatic heterocycles. The molecule has 0 unspecified atom stereocenters. The van der Waals surface area contributed by atoms with E-state index in [0.717, 1.165) is 36.6 Å². The van der Waals surface area contributed by atoms with Gasteiger partial charge in [0.25, 0.3) is 5.91 Å². The predicted molar refractivity (Wildman–Crippen MR) is 118 cm³/mol. The third-order valence-electron chi connectivity index (χ3n) is 4.38. The highest BCUT2D eigenvalue weighted by atomic mass is 32.2. The Balaban J connectivity index is 1.70. The van der Waals surface area contributed by atoms with Gasteiger partial charge in [-0.15, -0.1) is 11.8 Å². The smallest absolute Gasteiger partial charge is 0.251 e. The second kappa shape index (κ2) is 12.2. The molecule has 2 N–H and O–H groups in total. The summed E-state index contributed by atoms with van der Waals surface area (Å²) >= 11 is 1.55. The molecule has 0 saturated carbocycles. The largest absolute Gasteiger partial charge is 0.351 e. The van der Waals surface area contributed by atoms with Gasteiger partial charge in [0.15, 0.2) is 0 Å². The summed E-state index contributed by atoms with van der Waals surface area (Å²) in [6.07, 6.45) is 0. The number of likely N-dealkylation sites (N-methyl/N-ethyl adjacent to an activating group) is 1. The minimum Gasteiger partial charge on any atom is -0.351 e. The van der Waals surface area contributed by atoms with Crippen LogP contribution in [0.2, 0.25) is 0 Å². The lowest BCUT2D eigenvalue weighted by Crippen LogP contribution is -2.34. The van der Waals surface area contributed by atoms with E-state index in [1.54, 1.807) is 11.8 Å². The Labute approximate surface area is 171 Å². The maximum absolute atomic E-state index is 12.2. The molecular weight excluding hydrogens is 370 g/mol. The number of rotatable bonds is 11. The van der Waals surface area contributed by atoms with Crippen molar-refractivity contribution in [2.24, 2.45) is 0 Å². The number of nitrogens with zero attached hydrogens (tertiary/aromatic N) is 1. The van der Waals surface area contributed by atoms with Gasteiger partial charge in [0, 0.05) is 30.1 Å². The Morgan fingerprint density at radius 3 is 2.29 bits per heavy atom. The third-order valence-corrected chi connectivity index (χ3v) is 5.39. The van der Waals surface area contributed by atoms with E-state index in [4.69, 9.17) is 0 Å². The monoisotopic (exact) mass is 399 g/mol. The molecule has 0 atom stereocenters. The number of amides is 2. The zero-order chi connectivity index (χ0) is 20.2. The first-order valence-electron chi connectivity index (χ1n) is 9.64. The average Bonchev–Trinajstić information content (AvgIpc) is 2.72. The van der Waals surface area contributed by atoms with Crippen molar-refractivity contribution < 1.29 is 9.59 Å². The van der Waals surface area contributed by atoms with Gasteiger partial charge < -0.3 is 15.5 Å². The highest BCUT2D eigenvalue weighted by Crippen LogP contribution is 2.14. The molecule has 150 valence electrons. The molecule has 0 aliphatic carbocycles. The molecule has 0 spiro atoms. The van der Waals surface area contributed by atoms with Crippen molar-refractivity contribution in [1.29, 1.82) is 0 Å². The standard InChI is InChI=1S/C22H29N3O2S/c1-3-25(4-2)15-14-23-22(27)19-12-10-18(11-13-19)16-28-17-21(26)24-20-8-6-5-7-9-20/h5-13H,3-4,14-17H2,1-2H3,(H,23,27)(H,24,26). The summed E-state index contributed by atoms with van der Waals surface area (Å²) in [6, 6.07) is 17.0. The number of para-hydroxylation sites is 1. The van der Waals surface area contributed by atoms with Crippen LogP contribution in [0.4, 0.5) is 5.69 Å². The molecule has 0 fully saturated rings. The highest BCUT2D eigenvalue weighted by Gasteiger charge is 2.07. The normalized spacial score (nSPS) is 10.7. The molecule has 0 radical (unpaired) electrons. The van der Waals surface area contributed by atoms with Crippen molar-refractivity contribution in [3.63, 3.8) is 0 Å². The van der Waals surface area contributed by atoms with Gasteiger partial charge in [-0.05, 0) is 42.9 Å². The molecule has 0 aliphatic rings. The Kier molecular flexibility index (Phi) is 9.59. The predicted octanol–water partition coefficient (Wildman–Crippen LogP) is 3.63. The average molecular weight is 400 g/mol. The molecular formula is C22H29N3O2S. The summed E-state index contributed by atoms with van der Waals surface area (Å²) in [4.78, 5) is 26.4. The van der Waals surface area contributed by atoms with E-state index < -0.39 is 0 Å². The van der Waals surface area contributed by atoms with Crippen LogP contribution < -0.4 is 10.6 Å². The molecule has 6 heteroatoms. The maximum atomic E-state index is 12.2. The van der Waals surface area contributed by atoms with Crippen molar-refractivity contribution >= 4 is 29.3 Å². The number of benzene rings is 2. The first-order chi connectivity index (χ1) is 13.6. The molecule has 2 aromatic rings. The second-order valence-electron chi connectivity index (χ2n) is 6.39. The second-order valence-corrected chi connectivity index (χ2v) is 7.37. The SMILES string of the molecule is CCN(CC)CCNC(=O)c1ccc(CSCC(=O)Nc2ccccc2)cc1. The highest BCUT2D eigenvalue weighted by molar-refractivity contribution is 7.99. The molecule has 28 heavy (non-hydrogen) atoms. The van der Waals surface area contributed by atoms with E-state index >= 15 is 0 Å². The lowest BCUT2D eigenvalue weighted by Gasteiger charge is -2.17. The van der Waals surface area contributed by atoms with Crippen molar-refractivity contribution in [3.05, 3.63) is 65.7 Å². The molecule has 2 aromatic carbocycles. The lowest BCUT2D eigenvalue weighted by atomic mass is 10.1. The van der Waals surface area contributed by atoms with Crippen LogP contribution in [0, 0.1) is 0 Å². The van der Waals surface area contributed by atoms with E-state index in [-0.39, 0.29) is 11.8 Å². The van der Waals surface area contributed by atoms with E-state index in [0.29, 0.717) is 17.9 Å². The van der Waals surface area contributed by atoms with Crippen LogP contribution in [0.1, 0.15) is 29.8 Å². The maximum Gasteiger partial charge on any atom is 0.251 e. The van der Waals surface area contributed by atoms with E-state index in [1.165, 1.54) is 0 Å². The number of hydrogen-bond acceptors (Lipinski definition) is 4. The Morgan fingerprint density at radius 1 is 0.964 bits per heavy atom. The van der Waals surface area contributed by atoms with Crippen LogP contribution in [0.15, 0.2) is 54.6 Å². The quantitative estimate of drug-likeness (QED) is 0.606. The van der Waals surface area contributed by atoms with Crippen LogP contribution in [0.25, 0.3) is 0 Å². The summed E-state index contributed by atoms with van der Waals surface area (Å²) in [5.74, 6) is 1.06. The van der Waals surface area contributed by atoms with Gasteiger partial charge in [0.2, 0.25) is 5.91 Å². The van der Waals surface area contributed by atoms with Crippen LogP contribution >= 0.6 is 11.8 Å². The summed E-state index contributed by atoms with van der Waals surface area (Å²) in [5.41, 5.74) is 2.57. The topological polar surface area (TPSA) is 61.4 Å². The number of thioether (sulfide) groups is 1. The minimum absolute atomic E-state index is 0.0135. The Bertz CT molecular complexity index is 731. The van der Waals surface area contributed by atoms with Crippen LogP contribution in [-0.2, 0) is 10.5 Å². The first-order valence-corrected chi connectivity index (χ1v) is 10.8. The zero-order valence-corrected chi connectivity index (χ0v) is 17.4. The Hall–Kier alpha value is -2.31. The number of carbonyl (C=O) groups is 2. The van der Waals surface area contributed by atoms with Crippen LogP contribution in [0.5, 0.6) is 0 Å². The van der Waals surface area contributed by atoms with Crippen molar-refractivity contribution in [1.82, 2.24) is 10.2 Å². The van der Waals surface area contributed by atoms with Crippen molar-refractivity contribution in [2.45, 2.75) is 19.6 Å². The molecule has 0 bridgehead atoms. The molecule has 0 aliphatic heterocycles. The number of hydrogen-bond donors (Lipinski definition) is 2. The van der Waals surface area contributed by atoms with Gasteiger partial charge in [-0.1, -0.05) is 44.2 Å². The number of carbonyl (C=O) groups excluding carboxylic acids is 2. The van der Waals surface area contributed by atoms with Gasteiger partial charge >= 0.3 is 0 Å². The van der Waals surface area contributed by atoms with Gasteiger partial charge in [0.05, 0.1) is 5.75 Å². The van der Waals surface area contributed by atoms with Crippen molar-refractivity contribution in [3.8, 4) is 0 Å². The number of nitrogens with one attached hydrogen (secondary N) is 2. The zero-order valence-electron chi connectivity index (χ0n) is 16.6. The minimum atomic E-state index is -0.0476. The first kappa shape index (κ1) is 22.0. The van der Waals surface area contributed by atoms with Crippen LogP contribution in [-0.4, -0.2) is 48.6 Å². The van der Waals surface area contributed by atoms with Gasteiger partial charge in [-0.25, -0.2) is 0 Å². The van der Waals surface area contributed by atoms with E-state index in [9.17, 15) is 9.59 Å². The van der Waals surface area contributed by atoms with Gasteiger partial charge in [-0.2, -0.15) is 0 Å². The lowest BCUT2D eigenvalue weighted by molar-refractivity contribution is -0.113. The summed E-state index contributed by atoms with van der Waals surface area (Å²) in [5, 5.41) is 5.83. The fourth-order valence-corrected chi connectivity index (χ4v) is 3.49. The Morgan fingerprint density at radius 2 is 1.64 bits per heavy atom. The van der Waals surface area contributed by atoms with Crippen LogP contribution in [0.3, 0.4) is 0 Å².